The number of nitrogens with zero attached hydrogens (tertiary/aromatic N) is 1. The normalized spacial score (nSPS) is 24.2. The minimum absolute atomic E-state index is 0.00467. The van der Waals surface area contributed by atoms with Gasteiger partial charge >= 0.3 is 6.09 Å². The second-order valence-electron chi connectivity index (χ2n) is 10.7. The molecule has 3 fully saturated rings. The number of sulfonamides is 1. The fourth-order valence-electron chi connectivity index (χ4n) is 5.52. The first-order valence-corrected chi connectivity index (χ1v) is 15.5. The predicted molar refractivity (Wildman–Crippen MR) is 147 cm³/mol. The van der Waals surface area contributed by atoms with Crippen molar-refractivity contribution in [3.63, 3.8) is 0 Å². The number of amides is 1. The Kier molecular flexibility index (Phi) is 9.79. The number of hydrogen-bond acceptors (Lipinski definition) is 9. The highest BCUT2D eigenvalue weighted by Crippen LogP contribution is 2.33. The van der Waals surface area contributed by atoms with E-state index in [2.05, 4.69) is 5.32 Å². The molecular formula is C29H38N2O9S. The first kappa shape index (κ1) is 29.7. The molecule has 1 amide bonds. The largest absolute Gasteiger partial charge is 0.497 e. The van der Waals surface area contributed by atoms with Crippen LogP contribution in [0.15, 0.2) is 59.5 Å². The highest BCUT2D eigenvalue weighted by Gasteiger charge is 2.44. The molecule has 2 aromatic carbocycles. The van der Waals surface area contributed by atoms with Crippen LogP contribution in [0.1, 0.15) is 37.7 Å². The summed E-state index contributed by atoms with van der Waals surface area (Å²) in [5, 5.41) is 14.2. The van der Waals surface area contributed by atoms with Gasteiger partial charge in [0, 0.05) is 0 Å². The van der Waals surface area contributed by atoms with Crippen LogP contribution >= 0.6 is 0 Å². The van der Waals surface area contributed by atoms with Crippen LogP contribution in [-0.2, 0) is 35.5 Å². The maximum Gasteiger partial charge on any atom is 0.407 e. The van der Waals surface area contributed by atoms with Crippen molar-refractivity contribution in [2.75, 3.05) is 26.9 Å². The Labute approximate surface area is 240 Å². The maximum absolute atomic E-state index is 13.7. The molecule has 2 saturated heterocycles. The summed E-state index contributed by atoms with van der Waals surface area (Å²) >= 11 is 0. The monoisotopic (exact) mass is 590 g/mol. The third-order valence-corrected chi connectivity index (χ3v) is 9.48. The zero-order valence-corrected chi connectivity index (χ0v) is 23.9. The number of methoxy groups -OCH3 is 1. The van der Waals surface area contributed by atoms with Gasteiger partial charge in [-0.3, -0.25) is 4.84 Å². The van der Waals surface area contributed by atoms with E-state index in [0.717, 1.165) is 42.1 Å². The number of hydrogen-bond donors (Lipinski definition) is 2. The molecule has 0 aromatic heterocycles. The summed E-state index contributed by atoms with van der Waals surface area (Å²) in [6.07, 6.45) is 1.13. The zero-order valence-electron chi connectivity index (χ0n) is 23.1. The van der Waals surface area contributed by atoms with Crippen LogP contribution in [0, 0.1) is 5.92 Å². The van der Waals surface area contributed by atoms with Crippen molar-refractivity contribution in [2.24, 2.45) is 5.92 Å². The average Bonchev–Trinajstić information content (AvgIpc) is 3.74. The van der Waals surface area contributed by atoms with Gasteiger partial charge in [-0.1, -0.05) is 47.6 Å². The van der Waals surface area contributed by atoms with E-state index in [9.17, 15) is 18.3 Å². The number of alkyl carbamates (subject to hydrolysis) is 1. The summed E-state index contributed by atoms with van der Waals surface area (Å²) in [6, 6.07) is 14.4. The van der Waals surface area contributed by atoms with Crippen molar-refractivity contribution in [2.45, 2.75) is 74.1 Å². The van der Waals surface area contributed by atoms with Gasteiger partial charge in [-0.2, -0.15) is 0 Å². The van der Waals surface area contributed by atoms with Gasteiger partial charge in [0.05, 0.1) is 55.9 Å². The molecule has 2 aromatic rings. The molecule has 224 valence electrons. The Morgan fingerprint density at radius 1 is 1.07 bits per heavy atom. The lowest BCUT2D eigenvalue weighted by Crippen LogP contribution is -2.51. The van der Waals surface area contributed by atoms with E-state index >= 15 is 0 Å². The molecule has 0 radical (unpaired) electrons. The van der Waals surface area contributed by atoms with Crippen LogP contribution in [0.4, 0.5) is 4.79 Å². The molecule has 5 atom stereocenters. The number of hydroxylamine groups is 1. The number of ether oxygens (including phenoxy) is 4. The summed E-state index contributed by atoms with van der Waals surface area (Å²) in [6.45, 7) is 0.386. The molecule has 12 heteroatoms. The molecule has 2 heterocycles. The fourth-order valence-corrected chi connectivity index (χ4v) is 6.82. The molecule has 1 saturated carbocycles. The minimum Gasteiger partial charge on any atom is -0.497 e. The van der Waals surface area contributed by atoms with Crippen LogP contribution in [0.5, 0.6) is 5.75 Å². The SMILES string of the molecule is COc1ccc(S(=O)(=O)N(C[C@@H](O)[C@H](Cc2ccccc2)NC(=O)O[C@@H]2CO[C@@H]3OCC[C@@H]32)OC2CCCC2)cc1. The number of aliphatic hydroxyl groups excluding tert-OH is 1. The highest BCUT2D eigenvalue weighted by molar-refractivity contribution is 7.89. The second-order valence-corrected chi connectivity index (χ2v) is 12.5. The molecule has 11 nitrogen and oxygen atoms in total. The zero-order chi connectivity index (χ0) is 28.8. The van der Waals surface area contributed by atoms with Crippen LogP contribution < -0.4 is 10.1 Å². The second kappa shape index (κ2) is 13.5. The van der Waals surface area contributed by atoms with Crippen molar-refractivity contribution in [1.82, 2.24) is 9.79 Å². The van der Waals surface area contributed by atoms with Crippen LogP contribution in [0.3, 0.4) is 0 Å². The average molecular weight is 591 g/mol. The van der Waals surface area contributed by atoms with Crippen LogP contribution in [0.2, 0.25) is 0 Å². The predicted octanol–water partition coefficient (Wildman–Crippen LogP) is 3.02. The topological polar surface area (TPSA) is 133 Å². The number of benzene rings is 2. The lowest BCUT2D eigenvalue weighted by Gasteiger charge is -2.31. The quantitative estimate of drug-likeness (QED) is 0.358. The lowest BCUT2D eigenvalue weighted by atomic mass is 10.0. The molecule has 41 heavy (non-hydrogen) atoms. The van der Waals surface area contributed by atoms with Crippen LogP contribution in [0.25, 0.3) is 0 Å². The van der Waals surface area contributed by atoms with Gasteiger partial charge in [0.15, 0.2) is 6.29 Å². The molecule has 1 aliphatic carbocycles. The molecular weight excluding hydrogens is 552 g/mol. The summed E-state index contributed by atoms with van der Waals surface area (Å²) in [7, 11) is -2.65. The van der Waals surface area contributed by atoms with Crippen molar-refractivity contribution in [3.8, 4) is 5.75 Å². The number of rotatable bonds is 12. The maximum atomic E-state index is 13.7. The number of aliphatic hydroxyl groups is 1. The summed E-state index contributed by atoms with van der Waals surface area (Å²) in [4.78, 5) is 19.0. The van der Waals surface area contributed by atoms with E-state index in [1.807, 2.05) is 30.3 Å². The van der Waals surface area contributed by atoms with Gasteiger partial charge in [-0.05, 0) is 55.5 Å². The summed E-state index contributed by atoms with van der Waals surface area (Å²) in [5.41, 5.74) is 0.853. The fraction of sp³-hybridized carbons (Fsp3) is 0.552. The first-order chi connectivity index (χ1) is 19.8. The molecule has 5 rings (SSSR count). The van der Waals surface area contributed by atoms with Gasteiger partial charge in [0.2, 0.25) is 0 Å². The minimum atomic E-state index is -4.15. The van der Waals surface area contributed by atoms with Crippen LogP contribution in [-0.4, -0.2) is 81.6 Å². The highest BCUT2D eigenvalue weighted by atomic mass is 32.2. The Balaban J connectivity index is 1.33. The molecule has 2 N–H and O–H groups in total. The number of fused-ring (bicyclic) bond motifs is 1. The van der Waals surface area contributed by atoms with E-state index in [1.165, 1.54) is 19.2 Å². The molecule has 0 spiro atoms. The number of nitrogens with one attached hydrogen (secondary N) is 1. The van der Waals surface area contributed by atoms with E-state index in [4.69, 9.17) is 23.8 Å². The van der Waals surface area contributed by atoms with Crippen molar-refractivity contribution >= 4 is 16.1 Å². The van der Waals surface area contributed by atoms with E-state index in [-0.39, 0.29) is 36.2 Å². The lowest BCUT2D eigenvalue weighted by molar-refractivity contribution is -0.145. The van der Waals surface area contributed by atoms with Crippen molar-refractivity contribution in [1.29, 1.82) is 0 Å². The summed E-state index contributed by atoms with van der Waals surface area (Å²) < 4.78 is 50.2. The Morgan fingerprint density at radius 3 is 2.51 bits per heavy atom. The van der Waals surface area contributed by atoms with E-state index in [1.54, 1.807) is 12.1 Å². The van der Waals surface area contributed by atoms with Gasteiger partial charge in [-0.15, -0.1) is 0 Å². The molecule has 2 aliphatic heterocycles. The van der Waals surface area contributed by atoms with Crippen molar-refractivity contribution in [3.05, 3.63) is 60.2 Å². The molecule has 3 aliphatic rings. The Bertz CT molecular complexity index is 1240. The number of carbonyl (C=O) groups is 1. The first-order valence-electron chi connectivity index (χ1n) is 14.1. The Morgan fingerprint density at radius 2 is 1.80 bits per heavy atom. The van der Waals surface area contributed by atoms with Gasteiger partial charge in [0.1, 0.15) is 11.9 Å². The number of carbonyl (C=O) groups excluding carboxylic acids is 1. The van der Waals surface area contributed by atoms with Gasteiger partial charge in [0.25, 0.3) is 10.0 Å². The van der Waals surface area contributed by atoms with E-state index < -0.39 is 40.9 Å². The van der Waals surface area contributed by atoms with E-state index in [0.29, 0.717) is 12.4 Å². The third kappa shape index (κ3) is 7.37. The van der Waals surface area contributed by atoms with Crippen molar-refractivity contribution < 1.29 is 42.1 Å². The molecule has 0 bridgehead atoms. The molecule has 0 unspecified atom stereocenters. The third-order valence-electron chi connectivity index (χ3n) is 7.84. The van der Waals surface area contributed by atoms with Gasteiger partial charge < -0.3 is 29.4 Å². The summed E-state index contributed by atoms with van der Waals surface area (Å²) in [5.74, 6) is 0.476. The van der Waals surface area contributed by atoms with Gasteiger partial charge in [-0.25, -0.2) is 13.2 Å². The Hall–Kier alpha value is -2.74. The smallest absolute Gasteiger partial charge is 0.407 e. The standard InChI is InChI=1S/C29H38N2O9S/c1-36-21-11-13-23(14-12-21)41(34,35)31(40-22-9-5-6-10-22)18-26(32)25(17-20-7-3-2-4-8-20)30-29(33)39-27-19-38-28-24(27)15-16-37-28/h2-4,7-8,11-14,22,24-28,32H,5-6,9-10,15-19H2,1H3,(H,30,33)/t24-,25+,26-,27-,28+/m1/s1.